The number of anilines is 1. The van der Waals surface area contributed by atoms with E-state index in [0.717, 1.165) is 18.8 Å². The summed E-state index contributed by atoms with van der Waals surface area (Å²) in [7, 11) is -8.14. The lowest BCUT2D eigenvalue weighted by Gasteiger charge is -2.14. The van der Waals surface area contributed by atoms with Gasteiger partial charge in [-0.1, -0.05) is 11.6 Å². The van der Waals surface area contributed by atoms with E-state index in [-0.39, 0.29) is 22.2 Å². The Labute approximate surface area is 126 Å². The van der Waals surface area contributed by atoms with Crippen molar-refractivity contribution in [1.29, 1.82) is 0 Å². The average molecular weight is 352 g/mol. The van der Waals surface area contributed by atoms with Gasteiger partial charge in [0.1, 0.15) is 16.1 Å². The second-order valence-corrected chi connectivity index (χ2v) is 7.38. The van der Waals surface area contributed by atoms with Gasteiger partial charge in [0.15, 0.2) is 6.40 Å². The van der Waals surface area contributed by atoms with Crippen molar-refractivity contribution >= 4 is 50.1 Å². The molecule has 0 bridgehead atoms. The molecule has 0 spiro atoms. The fourth-order valence-corrected chi connectivity index (χ4v) is 3.86. The SMILES string of the molecule is CCOC=NS(=O)(=O)c1cc2c(cc1Cl)NC=NS2(=O)=O. The minimum Gasteiger partial charge on any atom is -0.483 e. The predicted octanol–water partition coefficient (Wildman–Crippen LogP) is 1.24. The summed E-state index contributed by atoms with van der Waals surface area (Å²) in [6.45, 7) is 1.89. The summed E-state index contributed by atoms with van der Waals surface area (Å²) in [5, 5.41) is 2.41. The molecule has 1 aromatic carbocycles. The van der Waals surface area contributed by atoms with E-state index in [2.05, 4.69) is 14.1 Å². The highest BCUT2D eigenvalue weighted by molar-refractivity contribution is 7.91. The fourth-order valence-electron chi connectivity index (χ4n) is 1.50. The van der Waals surface area contributed by atoms with Crippen molar-refractivity contribution in [3.05, 3.63) is 17.2 Å². The number of sulfonamides is 2. The second-order valence-electron chi connectivity index (χ2n) is 3.77. The highest BCUT2D eigenvalue weighted by Crippen LogP contribution is 2.34. The highest BCUT2D eigenvalue weighted by Gasteiger charge is 2.27. The molecule has 0 saturated carbocycles. The first kappa shape index (κ1) is 15.7. The molecule has 21 heavy (non-hydrogen) atoms. The van der Waals surface area contributed by atoms with Gasteiger partial charge in [0.25, 0.3) is 20.0 Å². The van der Waals surface area contributed by atoms with Crippen LogP contribution in [0.2, 0.25) is 5.02 Å². The van der Waals surface area contributed by atoms with Gasteiger partial charge in [0.05, 0.1) is 17.3 Å². The lowest BCUT2D eigenvalue weighted by molar-refractivity contribution is 0.344. The average Bonchev–Trinajstić information content (AvgIpc) is 2.37. The van der Waals surface area contributed by atoms with Crippen molar-refractivity contribution in [1.82, 2.24) is 0 Å². The monoisotopic (exact) mass is 351 g/mol. The molecule has 1 heterocycles. The molecule has 1 aromatic rings. The van der Waals surface area contributed by atoms with Crippen molar-refractivity contribution in [2.24, 2.45) is 8.80 Å². The van der Waals surface area contributed by atoms with Crippen LogP contribution in [0.1, 0.15) is 6.92 Å². The molecule has 2 rings (SSSR count). The largest absolute Gasteiger partial charge is 0.483 e. The summed E-state index contributed by atoms with van der Waals surface area (Å²) >= 11 is 5.88. The minimum absolute atomic E-state index is 0.141. The lowest BCUT2D eigenvalue weighted by atomic mass is 10.3. The van der Waals surface area contributed by atoms with Crippen LogP contribution in [0.5, 0.6) is 0 Å². The molecule has 0 aromatic heterocycles. The van der Waals surface area contributed by atoms with Gasteiger partial charge in [-0.05, 0) is 19.1 Å². The van der Waals surface area contributed by atoms with Crippen LogP contribution in [0, 0.1) is 0 Å². The molecule has 0 unspecified atom stereocenters. The molecule has 0 atom stereocenters. The first-order valence-electron chi connectivity index (χ1n) is 5.57. The zero-order valence-electron chi connectivity index (χ0n) is 10.6. The minimum atomic E-state index is -4.18. The third-order valence-corrected chi connectivity index (χ3v) is 5.38. The number of rotatable bonds is 4. The Hall–Kier alpha value is -1.65. The standard InChI is InChI=1S/C10H10ClN3O5S2/c1-2-19-6-14-20(15,16)9-4-10-8(3-7(9)11)12-5-13-21(10,17)18/h3-6H,2H2,1H3,(H,12,13). The van der Waals surface area contributed by atoms with Gasteiger partial charge in [0, 0.05) is 0 Å². The molecule has 1 aliphatic heterocycles. The van der Waals surface area contributed by atoms with Crippen molar-refractivity contribution in [3.63, 3.8) is 0 Å². The lowest BCUT2D eigenvalue weighted by Crippen LogP contribution is -2.13. The number of halogens is 1. The van der Waals surface area contributed by atoms with Gasteiger partial charge in [-0.15, -0.1) is 8.80 Å². The van der Waals surface area contributed by atoms with Crippen LogP contribution in [-0.4, -0.2) is 36.2 Å². The van der Waals surface area contributed by atoms with Gasteiger partial charge in [0.2, 0.25) is 0 Å². The Balaban J connectivity index is 2.58. The molecule has 0 saturated heterocycles. The van der Waals surface area contributed by atoms with E-state index >= 15 is 0 Å². The Bertz CT molecular complexity index is 830. The summed E-state index contributed by atoms with van der Waals surface area (Å²) in [6.07, 6.45) is 1.74. The number of benzene rings is 1. The summed E-state index contributed by atoms with van der Waals surface area (Å²) in [5.41, 5.74) is 0.141. The van der Waals surface area contributed by atoms with Gasteiger partial charge in [-0.2, -0.15) is 16.8 Å². The summed E-state index contributed by atoms with van der Waals surface area (Å²) < 4.78 is 58.8. The topological polar surface area (TPSA) is 114 Å². The second kappa shape index (κ2) is 5.62. The number of hydrogen-bond donors (Lipinski definition) is 1. The van der Waals surface area contributed by atoms with Crippen LogP contribution < -0.4 is 5.32 Å². The summed E-state index contributed by atoms with van der Waals surface area (Å²) in [6, 6.07) is 2.10. The Morgan fingerprint density at radius 3 is 2.86 bits per heavy atom. The van der Waals surface area contributed by atoms with Crippen molar-refractivity contribution in [2.45, 2.75) is 16.7 Å². The molecule has 11 heteroatoms. The maximum absolute atomic E-state index is 12.0. The molecule has 8 nitrogen and oxygen atoms in total. The first-order valence-corrected chi connectivity index (χ1v) is 8.83. The maximum atomic E-state index is 12.0. The van der Waals surface area contributed by atoms with Crippen molar-refractivity contribution in [2.75, 3.05) is 11.9 Å². The van der Waals surface area contributed by atoms with Crippen LogP contribution >= 0.6 is 11.6 Å². The van der Waals surface area contributed by atoms with Crippen LogP contribution in [-0.2, 0) is 24.8 Å². The number of fused-ring (bicyclic) bond motifs is 1. The number of nitrogens with one attached hydrogen (secondary N) is 1. The molecule has 0 radical (unpaired) electrons. The van der Waals surface area contributed by atoms with E-state index in [1.807, 2.05) is 0 Å². The predicted molar refractivity (Wildman–Crippen MR) is 78.1 cm³/mol. The van der Waals surface area contributed by atoms with E-state index in [4.69, 9.17) is 16.3 Å². The van der Waals surface area contributed by atoms with Crippen molar-refractivity contribution in [3.8, 4) is 0 Å². The van der Waals surface area contributed by atoms with E-state index < -0.39 is 24.9 Å². The Morgan fingerprint density at radius 1 is 1.48 bits per heavy atom. The number of hydrogen-bond acceptors (Lipinski definition) is 6. The fraction of sp³-hybridized carbons (Fsp3) is 0.200. The third-order valence-electron chi connectivity index (χ3n) is 2.42. The van der Waals surface area contributed by atoms with E-state index in [1.165, 1.54) is 6.07 Å². The molecule has 0 aliphatic carbocycles. The smallest absolute Gasteiger partial charge is 0.286 e. The van der Waals surface area contributed by atoms with E-state index in [9.17, 15) is 16.8 Å². The molecule has 0 fully saturated rings. The van der Waals surface area contributed by atoms with Gasteiger partial charge in [-0.3, -0.25) is 0 Å². The highest BCUT2D eigenvalue weighted by atomic mass is 35.5. The molecular formula is C10H10ClN3O5S2. The van der Waals surface area contributed by atoms with Crippen LogP contribution in [0.25, 0.3) is 0 Å². The van der Waals surface area contributed by atoms with Crippen LogP contribution in [0.4, 0.5) is 5.69 Å². The molecular weight excluding hydrogens is 342 g/mol. The molecule has 114 valence electrons. The van der Waals surface area contributed by atoms with E-state index in [1.54, 1.807) is 6.92 Å². The summed E-state index contributed by atoms with van der Waals surface area (Å²) in [4.78, 5) is -0.735. The van der Waals surface area contributed by atoms with Crippen LogP contribution in [0.15, 0.2) is 30.7 Å². The molecule has 1 N–H and O–H groups in total. The molecule has 0 amide bonds. The summed E-state index contributed by atoms with van der Waals surface area (Å²) in [5.74, 6) is 0. The number of ether oxygens (including phenoxy) is 1. The zero-order chi connectivity index (χ0) is 15.7. The number of nitrogens with zero attached hydrogens (tertiary/aromatic N) is 2. The van der Waals surface area contributed by atoms with Gasteiger partial charge < -0.3 is 10.1 Å². The van der Waals surface area contributed by atoms with E-state index in [0.29, 0.717) is 0 Å². The third kappa shape index (κ3) is 3.17. The van der Waals surface area contributed by atoms with Gasteiger partial charge >= 0.3 is 0 Å². The van der Waals surface area contributed by atoms with Crippen LogP contribution in [0.3, 0.4) is 0 Å². The first-order chi connectivity index (χ1) is 9.78. The Morgan fingerprint density at radius 2 is 2.19 bits per heavy atom. The van der Waals surface area contributed by atoms with Crippen molar-refractivity contribution < 1.29 is 21.6 Å². The van der Waals surface area contributed by atoms with Gasteiger partial charge in [-0.25, -0.2) is 0 Å². The normalized spacial score (nSPS) is 16.5. The quantitative estimate of drug-likeness (QED) is 0.644. The Kier molecular flexibility index (Phi) is 4.21. The molecule has 1 aliphatic rings. The zero-order valence-corrected chi connectivity index (χ0v) is 13.0. The maximum Gasteiger partial charge on any atom is 0.286 e.